The van der Waals surface area contributed by atoms with Crippen LogP contribution in [0.3, 0.4) is 0 Å². The molecule has 2 N–H and O–H groups in total. The fourth-order valence-corrected chi connectivity index (χ4v) is 0.741. The molecule has 0 spiro atoms. The maximum Gasteiger partial charge on any atom is 0.187 e. The summed E-state index contributed by atoms with van der Waals surface area (Å²) in [6, 6.07) is 0. The van der Waals surface area contributed by atoms with Crippen molar-refractivity contribution in [1.82, 2.24) is 10.7 Å². The van der Waals surface area contributed by atoms with Crippen molar-refractivity contribution in [2.45, 2.75) is 19.6 Å². The molecule has 0 aromatic carbocycles. The summed E-state index contributed by atoms with van der Waals surface area (Å²) in [5.41, 5.74) is 2.83. The van der Waals surface area contributed by atoms with Crippen LogP contribution >= 0.6 is 0 Å². The minimum absolute atomic E-state index is 0.0232. The summed E-state index contributed by atoms with van der Waals surface area (Å²) >= 11 is 0. The third-order valence-electron chi connectivity index (χ3n) is 1.19. The van der Waals surface area contributed by atoms with Gasteiger partial charge in [0.05, 0.1) is 0 Å². The lowest BCUT2D eigenvalue weighted by Gasteiger charge is -2.16. The second-order valence-corrected chi connectivity index (χ2v) is 1.99. The number of nitrogens with zero attached hydrogens (tertiary/aromatic N) is 2. The summed E-state index contributed by atoms with van der Waals surface area (Å²) in [7, 11) is 0. The summed E-state index contributed by atoms with van der Waals surface area (Å²) in [6.45, 7) is 2.83. The molecule has 4 nitrogen and oxygen atoms in total. The Hall–Kier alpha value is -0.900. The molecule has 56 valence electrons. The molecule has 0 aliphatic carbocycles. The second-order valence-electron chi connectivity index (χ2n) is 1.99. The zero-order chi connectivity index (χ0) is 7.23. The van der Waals surface area contributed by atoms with E-state index in [0.29, 0.717) is 0 Å². The molecule has 0 saturated heterocycles. The molecule has 1 aliphatic heterocycles. The van der Waals surface area contributed by atoms with Crippen LogP contribution < -0.4 is 10.7 Å². The van der Waals surface area contributed by atoms with Crippen molar-refractivity contribution in [3.8, 4) is 0 Å². The van der Waals surface area contributed by atoms with Gasteiger partial charge in [-0.1, -0.05) is 0 Å². The van der Waals surface area contributed by atoms with Gasteiger partial charge in [0.25, 0.3) is 0 Å². The van der Waals surface area contributed by atoms with Crippen molar-refractivity contribution < 1.29 is 0 Å². The highest BCUT2D eigenvalue weighted by Gasteiger charge is 2.03. The van der Waals surface area contributed by atoms with Gasteiger partial charge in [0.15, 0.2) is 6.29 Å². The first kappa shape index (κ1) is 7.21. The van der Waals surface area contributed by atoms with Gasteiger partial charge in [-0.15, -0.1) is 0 Å². The third kappa shape index (κ3) is 2.14. The number of hydrogen-bond donors (Lipinski definition) is 2. The number of rotatable bonds is 2. The predicted molar refractivity (Wildman–Crippen MR) is 42.2 cm³/mol. The smallest absolute Gasteiger partial charge is 0.187 e. The van der Waals surface area contributed by atoms with Gasteiger partial charge in [0.1, 0.15) is 0 Å². The van der Waals surface area contributed by atoms with Gasteiger partial charge in [0.2, 0.25) is 0 Å². The zero-order valence-electron chi connectivity index (χ0n) is 6.04. The van der Waals surface area contributed by atoms with Gasteiger partial charge in [-0.25, -0.2) is 0 Å². The quantitative estimate of drug-likeness (QED) is 0.416. The summed E-state index contributed by atoms with van der Waals surface area (Å²) in [5.74, 6) is 0. The van der Waals surface area contributed by atoms with Gasteiger partial charge in [-0.3, -0.25) is 15.7 Å². The van der Waals surface area contributed by atoms with Crippen LogP contribution in [0.5, 0.6) is 0 Å². The van der Waals surface area contributed by atoms with E-state index in [1.807, 2.05) is 13.1 Å². The highest BCUT2D eigenvalue weighted by atomic mass is 15.4. The molecule has 1 atom stereocenters. The molecule has 10 heavy (non-hydrogen) atoms. The van der Waals surface area contributed by atoms with Crippen LogP contribution in [0.1, 0.15) is 13.3 Å². The number of hydrogen-bond acceptors (Lipinski definition) is 4. The van der Waals surface area contributed by atoms with Gasteiger partial charge in [-0.2, -0.15) is 5.10 Å². The highest BCUT2D eigenvalue weighted by molar-refractivity contribution is 5.58. The molecule has 1 heterocycles. The van der Waals surface area contributed by atoms with Crippen LogP contribution in [0.4, 0.5) is 0 Å². The van der Waals surface area contributed by atoms with Crippen LogP contribution in [0.25, 0.3) is 0 Å². The number of nitrogens with one attached hydrogen (secondary N) is 2. The molecule has 0 radical (unpaired) electrons. The Morgan fingerprint density at radius 2 is 2.80 bits per heavy atom. The maximum atomic E-state index is 4.11. The minimum atomic E-state index is -0.0232. The lowest BCUT2D eigenvalue weighted by atomic mass is 10.4. The van der Waals surface area contributed by atoms with Crippen molar-refractivity contribution in [2.75, 3.05) is 6.54 Å². The van der Waals surface area contributed by atoms with Crippen molar-refractivity contribution in [3.05, 3.63) is 0 Å². The largest absolute Gasteiger partial charge is 0.277 e. The highest BCUT2D eigenvalue weighted by Crippen LogP contribution is 1.87. The molecule has 0 aromatic rings. The van der Waals surface area contributed by atoms with E-state index >= 15 is 0 Å². The van der Waals surface area contributed by atoms with E-state index in [4.69, 9.17) is 0 Å². The first-order valence-corrected chi connectivity index (χ1v) is 3.41. The van der Waals surface area contributed by atoms with Crippen LogP contribution in [0.2, 0.25) is 0 Å². The topological polar surface area (TPSA) is 48.8 Å². The van der Waals surface area contributed by atoms with Crippen LogP contribution in [-0.2, 0) is 0 Å². The molecule has 0 bridgehead atoms. The SMILES string of the molecule is C/C=N/NC1N=CCCN1. The van der Waals surface area contributed by atoms with E-state index in [1.54, 1.807) is 6.21 Å². The zero-order valence-corrected chi connectivity index (χ0v) is 6.04. The Morgan fingerprint density at radius 1 is 1.90 bits per heavy atom. The molecule has 0 aromatic heterocycles. The molecular weight excluding hydrogens is 128 g/mol. The third-order valence-corrected chi connectivity index (χ3v) is 1.19. The maximum absolute atomic E-state index is 4.11. The Bertz CT molecular complexity index is 141. The summed E-state index contributed by atoms with van der Waals surface area (Å²) in [5, 5.41) is 6.98. The number of aliphatic imine (C=N–C) groups is 1. The fourth-order valence-electron chi connectivity index (χ4n) is 0.741. The van der Waals surface area contributed by atoms with Crippen LogP contribution in [0.15, 0.2) is 10.1 Å². The lowest BCUT2D eigenvalue weighted by molar-refractivity contribution is 0.446. The molecule has 1 rings (SSSR count). The average Bonchev–Trinajstić information content (AvgIpc) is 2.03. The normalized spacial score (nSPS) is 25.5. The Labute approximate surface area is 60.4 Å². The van der Waals surface area contributed by atoms with Crippen LogP contribution in [-0.4, -0.2) is 25.3 Å². The Kier molecular flexibility index (Phi) is 2.89. The molecule has 0 fully saturated rings. The molecular formula is C6H12N4. The lowest BCUT2D eigenvalue weighted by Crippen LogP contribution is -2.41. The molecule has 1 unspecified atom stereocenters. The second kappa shape index (κ2) is 4.00. The Balaban J connectivity index is 2.26. The summed E-state index contributed by atoms with van der Waals surface area (Å²) in [6.07, 6.45) is 4.59. The number of hydrazone groups is 1. The Morgan fingerprint density at radius 3 is 3.40 bits per heavy atom. The van der Waals surface area contributed by atoms with E-state index in [2.05, 4.69) is 20.8 Å². The molecule has 1 aliphatic rings. The van der Waals surface area contributed by atoms with Crippen molar-refractivity contribution in [1.29, 1.82) is 0 Å². The standard InChI is InChI=1S/C6H12N4/c1-2-9-10-6-7-4-3-5-8-6/h2,4,6,8,10H,3,5H2,1H3/b9-2+. The monoisotopic (exact) mass is 140 g/mol. The summed E-state index contributed by atoms with van der Waals surface area (Å²) in [4.78, 5) is 4.11. The van der Waals surface area contributed by atoms with Gasteiger partial charge in [0, 0.05) is 19.0 Å². The first-order chi connectivity index (χ1) is 4.93. The molecule has 0 saturated carbocycles. The van der Waals surface area contributed by atoms with E-state index in [0.717, 1.165) is 13.0 Å². The van der Waals surface area contributed by atoms with Crippen molar-refractivity contribution in [2.24, 2.45) is 10.1 Å². The molecule has 0 amide bonds. The van der Waals surface area contributed by atoms with E-state index < -0.39 is 0 Å². The average molecular weight is 140 g/mol. The van der Waals surface area contributed by atoms with Crippen molar-refractivity contribution in [3.63, 3.8) is 0 Å². The fraction of sp³-hybridized carbons (Fsp3) is 0.667. The van der Waals surface area contributed by atoms with E-state index in [1.165, 1.54) is 0 Å². The summed E-state index contributed by atoms with van der Waals surface area (Å²) < 4.78 is 0. The van der Waals surface area contributed by atoms with Gasteiger partial charge >= 0.3 is 0 Å². The van der Waals surface area contributed by atoms with E-state index in [9.17, 15) is 0 Å². The first-order valence-electron chi connectivity index (χ1n) is 3.41. The van der Waals surface area contributed by atoms with E-state index in [-0.39, 0.29) is 6.29 Å². The predicted octanol–water partition coefficient (Wildman–Crippen LogP) is -0.0706. The minimum Gasteiger partial charge on any atom is -0.277 e. The van der Waals surface area contributed by atoms with Crippen LogP contribution in [0, 0.1) is 0 Å². The van der Waals surface area contributed by atoms with Gasteiger partial charge < -0.3 is 0 Å². The molecule has 4 heteroatoms. The van der Waals surface area contributed by atoms with Crippen molar-refractivity contribution >= 4 is 12.4 Å². The van der Waals surface area contributed by atoms with Gasteiger partial charge in [-0.05, 0) is 13.3 Å².